The fraction of sp³-hybridized carbons (Fsp3) is 0.444. The SMILES string of the molecule is CC1(C)CC(=O)C2=C(C1)N(Cc1ccco1)C(=O)C2(NS(=O)(=O)c1nnc(N)s1)C(F)(F)F. The summed E-state index contributed by atoms with van der Waals surface area (Å²) in [6, 6.07) is 2.94. The molecule has 3 heterocycles. The predicted molar refractivity (Wildman–Crippen MR) is 108 cm³/mol. The van der Waals surface area contributed by atoms with Crippen molar-refractivity contribution in [2.24, 2.45) is 5.41 Å². The Morgan fingerprint density at radius 2 is 1.97 bits per heavy atom. The topological polar surface area (TPSA) is 148 Å². The quantitative estimate of drug-likeness (QED) is 0.627. The second kappa shape index (κ2) is 7.36. The highest BCUT2D eigenvalue weighted by Crippen LogP contribution is 2.52. The molecule has 15 heteroatoms. The number of alkyl halides is 3. The van der Waals surface area contributed by atoms with Gasteiger partial charge in [-0.1, -0.05) is 25.2 Å². The van der Waals surface area contributed by atoms with Gasteiger partial charge in [0.1, 0.15) is 5.76 Å². The van der Waals surface area contributed by atoms with Crippen molar-refractivity contribution < 1.29 is 35.6 Å². The van der Waals surface area contributed by atoms with E-state index in [0.717, 1.165) is 4.90 Å². The summed E-state index contributed by atoms with van der Waals surface area (Å²) < 4.78 is 75.5. The number of allylic oxidation sites excluding steroid dienone is 1. The number of aromatic nitrogens is 2. The number of ketones is 1. The van der Waals surface area contributed by atoms with Gasteiger partial charge in [0, 0.05) is 12.1 Å². The summed E-state index contributed by atoms with van der Waals surface area (Å²) in [7, 11) is -5.05. The van der Waals surface area contributed by atoms with Gasteiger partial charge in [0.2, 0.25) is 15.0 Å². The monoisotopic (exact) mass is 505 g/mol. The Morgan fingerprint density at radius 1 is 1.27 bits per heavy atom. The molecule has 2 aliphatic rings. The van der Waals surface area contributed by atoms with Crippen LogP contribution in [0.5, 0.6) is 0 Å². The van der Waals surface area contributed by atoms with E-state index in [0.29, 0.717) is 11.3 Å². The first-order valence-electron chi connectivity index (χ1n) is 9.49. The number of furan rings is 1. The van der Waals surface area contributed by atoms with Crippen LogP contribution in [0.2, 0.25) is 0 Å². The van der Waals surface area contributed by atoms with Crippen LogP contribution in [0.3, 0.4) is 0 Å². The molecule has 0 saturated carbocycles. The van der Waals surface area contributed by atoms with Crippen molar-refractivity contribution >= 4 is 38.2 Å². The molecule has 0 saturated heterocycles. The fourth-order valence-corrected chi connectivity index (χ4v) is 6.20. The molecule has 0 radical (unpaired) electrons. The third kappa shape index (κ3) is 3.73. The van der Waals surface area contributed by atoms with Crippen LogP contribution in [0.25, 0.3) is 0 Å². The van der Waals surface area contributed by atoms with E-state index in [1.165, 1.54) is 23.1 Å². The molecule has 1 aliphatic heterocycles. The Bertz CT molecular complexity index is 1270. The molecule has 2 aromatic heterocycles. The van der Waals surface area contributed by atoms with E-state index in [-0.39, 0.29) is 29.4 Å². The lowest BCUT2D eigenvalue weighted by Gasteiger charge is -2.35. The maximum absolute atomic E-state index is 14.7. The molecule has 33 heavy (non-hydrogen) atoms. The molecule has 1 aliphatic carbocycles. The number of halogens is 3. The Labute approximate surface area is 189 Å². The zero-order valence-electron chi connectivity index (χ0n) is 17.3. The number of sulfonamides is 1. The van der Waals surface area contributed by atoms with Gasteiger partial charge in [0.25, 0.3) is 15.9 Å². The number of rotatable bonds is 5. The molecular formula is C18H18F3N5O5S2. The number of hydrogen-bond acceptors (Lipinski definition) is 9. The Hall–Kier alpha value is -2.78. The summed E-state index contributed by atoms with van der Waals surface area (Å²) in [6.45, 7) is 2.93. The van der Waals surface area contributed by atoms with Crippen molar-refractivity contribution in [3.8, 4) is 0 Å². The van der Waals surface area contributed by atoms with E-state index in [1.807, 2.05) is 0 Å². The van der Waals surface area contributed by atoms with Gasteiger partial charge in [-0.15, -0.1) is 10.2 Å². The summed E-state index contributed by atoms with van der Waals surface area (Å²) in [6.07, 6.45) is -4.59. The highest BCUT2D eigenvalue weighted by molar-refractivity contribution is 7.91. The normalized spacial score (nSPS) is 23.4. The minimum Gasteiger partial charge on any atom is -0.467 e. The molecule has 0 spiro atoms. The first-order valence-corrected chi connectivity index (χ1v) is 11.8. The zero-order chi connectivity index (χ0) is 24.4. The lowest BCUT2D eigenvalue weighted by Crippen LogP contribution is -2.66. The maximum atomic E-state index is 14.7. The van der Waals surface area contributed by atoms with Crippen molar-refractivity contribution in [3.63, 3.8) is 0 Å². The average molecular weight is 506 g/mol. The number of carbonyl (C=O) groups excluding carboxylic acids is 2. The first kappa shape index (κ1) is 23.4. The van der Waals surface area contributed by atoms with Crippen LogP contribution in [0.1, 0.15) is 32.4 Å². The second-order valence-electron chi connectivity index (χ2n) is 8.49. The summed E-state index contributed by atoms with van der Waals surface area (Å²) in [5.41, 5.74) is -0.360. The van der Waals surface area contributed by atoms with E-state index in [9.17, 15) is 31.2 Å². The van der Waals surface area contributed by atoms with E-state index >= 15 is 0 Å². The van der Waals surface area contributed by atoms with Gasteiger partial charge in [-0.05, 0) is 24.0 Å². The fourth-order valence-electron chi connectivity index (χ4n) is 4.09. The minimum atomic E-state index is -5.50. The van der Waals surface area contributed by atoms with E-state index in [2.05, 4.69) is 10.2 Å². The predicted octanol–water partition coefficient (Wildman–Crippen LogP) is 1.98. The van der Waals surface area contributed by atoms with Crippen molar-refractivity contribution in [1.29, 1.82) is 0 Å². The summed E-state index contributed by atoms with van der Waals surface area (Å²) in [4.78, 5) is 27.2. The average Bonchev–Trinajstić information content (AvgIpc) is 3.37. The van der Waals surface area contributed by atoms with E-state index < -0.39 is 55.3 Å². The maximum Gasteiger partial charge on any atom is 0.421 e. The smallest absolute Gasteiger partial charge is 0.421 e. The first-order chi connectivity index (χ1) is 15.2. The van der Waals surface area contributed by atoms with Crippen molar-refractivity contribution in [1.82, 2.24) is 19.8 Å². The van der Waals surface area contributed by atoms with Crippen LogP contribution < -0.4 is 10.5 Å². The van der Waals surface area contributed by atoms with Crippen molar-refractivity contribution in [2.45, 2.75) is 49.3 Å². The van der Waals surface area contributed by atoms with Gasteiger partial charge in [-0.2, -0.15) is 17.9 Å². The van der Waals surface area contributed by atoms with Gasteiger partial charge < -0.3 is 15.1 Å². The third-order valence-corrected chi connectivity index (χ3v) is 7.95. The molecule has 1 atom stereocenters. The van der Waals surface area contributed by atoms with Gasteiger partial charge in [0.15, 0.2) is 5.78 Å². The van der Waals surface area contributed by atoms with Crippen molar-refractivity contribution in [3.05, 3.63) is 35.4 Å². The number of nitrogens with zero attached hydrogens (tertiary/aromatic N) is 3. The summed E-state index contributed by atoms with van der Waals surface area (Å²) in [5, 5.41) is 6.28. The number of nitrogen functional groups attached to an aromatic ring is 1. The zero-order valence-corrected chi connectivity index (χ0v) is 18.9. The molecule has 0 fully saturated rings. The second-order valence-corrected chi connectivity index (χ2v) is 11.4. The number of amides is 1. The largest absolute Gasteiger partial charge is 0.467 e. The molecule has 1 amide bonds. The lowest BCUT2D eigenvalue weighted by atomic mass is 9.72. The minimum absolute atomic E-state index is 0.0637. The van der Waals surface area contributed by atoms with Crippen LogP contribution in [-0.2, 0) is 26.2 Å². The number of nitrogens with two attached hydrogens (primary N) is 1. The van der Waals surface area contributed by atoms with Gasteiger partial charge in [-0.3, -0.25) is 9.59 Å². The highest BCUT2D eigenvalue weighted by Gasteiger charge is 2.72. The lowest BCUT2D eigenvalue weighted by molar-refractivity contribution is -0.189. The summed E-state index contributed by atoms with van der Waals surface area (Å²) in [5.74, 6) is -2.47. The van der Waals surface area contributed by atoms with Crippen LogP contribution >= 0.6 is 11.3 Å². The number of Topliss-reactive ketones (excluding diaryl/α,β-unsaturated/α-hetero) is 1. The Kier molecular flexibility index (Phi) is 5.22. The van der Waals surface area contributed by atoms with Crippen LogP contribution in [0.4, 0.5) is 18.3 Å². The Morgan fingerprint density at radius 3 is 2.52 bits per heavy atom. The van der Waals surface area contributed by atoms with Crippen LogP contribution in [-0.4, -0.2) is 46.9 Å². The van der Waals surface area contributed by atoms with E-state index in [4.69, 9.17) is 10.2 Å². The van der Waals surface area contributed by atoms with Crippen molar-refractivity contribution in [2.75, 3.05) is 5.73 Å². The molecule has 4 rings (SSSR count). The van der Waals surface area contributed by atoms with Crippen LogP contribution in [0.15, 0.2) is 38.4 Å². The number of nitrogens with one attached hydrogen (secondary N) is 1. The molecular weight excluding hydrogens is 487 g/mol. The molecule has 178 valence electrons. The highest BCUT2D eigenvalue weighted by atomic mass is 32.2. The molecule has 0 aromatic carbocycles. The van der Waals surface area contributed by atoms with E-state index in [1.54, 1.807) is 13.8 Å². The number of carbonyl (C=O) groups is 2. The van der Waals surface area contributed by atoms with Crippen LogP contribution in [0, 0.1) is 5.41 Å². The number of hydrogen-bond donors (Lipinski definition) is 2. The van der Waals surface area contributed by atoms with Gasteiger partial charge in [0.05, 0.1) is 18.4 Å². The molecule has 2 aromatic rings. The summed E-state index contributed by atoms with van der Waals surface area (Å²) >= 11 is 0.320. The van der Waals surface area contributed by atoms with Gasteiger partial charge >= 0.3 is 6.18 Å². The third-order valence-electron chi connectivity index (χ3n) is 5.38. The standard InChI is InChI=1S/C18H18F3N5O5S2/c1-16(2)6-10-12(11(27)7-16)17(18(19,20)21,13(28)26(10)8-9-4-3-5-31-9)25-33(29,30)15-24-23-14(22)32-15/h3-5,25H,6-8H2,1-2H3,(H2,22,23). The molecule has 3 N–H and O–H groups in total. The molecule has 10 nitrogen and oxygen atoms in total. The van der Waals surface area contributed by atoms with Gasteiger partial charge in [-0.25, -0.2) is 8.42 Å². The Balaban J connectivity index is 1.93. The number of anilines is 1. The molecule has 0 bridgehead atoms. The molecule has 1 unspecified atom stereocenters.